The fourth-order valence-electron chi connectivity index (χ4n) is 4.93. The first-order chi connectivity index (χ1) is 18.4. The average Bonchev–Trinajstić information content (AvgIpc) is 3.49. The number of thioether (sulfide) groups is 1. The highest BCUT2D eigenvalue weighted by atomic mass is 32.2. The molecule has 3 aliphatic rings. The molecule has 5 heterocycles. The van der Waals surface area contributed by atoms with Gasteiger partial charge in [-0.25, -0.2) is 4.98 Å². The van der Waals surface area contributed by atoms with Crippen molar-refractivity contribution in [3.63, 3.8) is 0 Å². The molecule has 0 bridgehead atoms. The van der Waals surface area contributed by atoms with E-state index in [0.717, 1.165) is 36.7 Å². The van der Waals surface area contributed by atoms with Crippen LogP contribution in [-0.4, -0.2) is 68.9 Å². The van der Waals surface area contributed by atoms with Gasteiger partial charge in [0.15, 0.2) is 11.5 Å². The highest BCUT2D eigenvalue weighted by Gasteiger charge is 2.32. The molecule has 2 aromatic heterocycles. The van der Waals surface area contributed by atoms with Crippen LogP contribution in [0.25, 0.3) is 11.7 Å². The Balaban J connectivity index is 1.29. The smallest absolute Gasteiger partial charge is 0.267 e. The number of hydrogen-bond acceptors (Lipinski definition) is 9. The van der Waals surface area contributed by atoms with Crippen molar-refractivity contribution in [3.8, 4) is 11.5 Å². The van der Waals surface area contributed by atoms with Crippen LogP contribution in [0.15, 0.2) is 46.2 Å². The molecule has 196 valence electrons. The molecule has 0 unspecified atom stereocenters. The molecule has 6 rings (SSSR count). The Morgan fingerprint density at radius 1 is 1.08 bits per heavy atom. The fraction of sp³-hybridized carbons (Fsp3) is 0.333. The number of thiocarbonyl (C=S) groups is 1. The Morgan fingerprint density at radius 3 is 2.63 bits per heavy atom. The van der Waals surface area contributed by atoms with Crippen molar-refractivity contribution in [1.29, 1.82) is 0 Å². The number of carbonyl (C=O) groups excluding carboxylic acids is 1. The van der Waals surface area contributed by atoms with Gasteiger partial charge in [-0.2, -0.15) is 0 Å². The van der Waals surface area contributed by atoms with E-state index >= 15 is 0 Å². The number of rotatable bonds is 5. The maximum atomic E-state index is 13.7. The molecule has 3 aromatic rings. The molecule has 0 radical (unpaired) electrons. The molecule has 0 aliphatic carbocycles. The monoisotopic (exact) mass is 549 g/mol. The van der Waals surface area contributed by atoms with Crippen LogP contribution in [-0.2, 0) is 11.3 Å². The lowest BCUT2D eigenvalue weighted by Crippen LogP contribution is -2.47. The SMILES string of the molecule is CCN1C(=O)C(=Cc2c(N3CCN(Cc4ccc5c(c4)OCO5)CC3)nc3ccc(C)cn3c2=O)SC1=S. The molecule has 3 aliphatic heterocycles. The number of aromatic nitrogens is 2. The molecule has 1 amide bonds. The van der Waals surface area contributed by atoms with E-state index in [9.17, 15) is 9.59 Å². The lowest BCUT2D eigenvalue weighted by Gasteiger charge is -2.36. The Kier molecular flexibility index (Phi) is 6.58. The molecule has 0 N–H and O–H groups in total. The molecule has 11 heteroatoms. The van der Waals surface area contributed by atoms with Crippen LogP contribution < -0.4 is 19.9 Å². The van der Waals surface area contributed by atoms with Crippen molar-refractivity contribution in [2.45, 2.75) is 20.4 Å². The molecular weight excluding hydrogens is 522 g/mol. The summed E-state index contributed by atoms with van der Waals surface area (Å²) in [4.78, 5) is 38.1. The number of likely N-dealkylation sites (N-methyl/N-ethyl adjacent to an activating group) is 1. The van der Waals surface area contributed by atoms with Crippen molar-refractivity contribution in [2.24, 2.45) is 0 Å². The highest BCUT2D eigenvalue weighted by Crippen LogP contribution is 2.34. The van der Waals surface area contributed by atoms with Gasteiger partial charge in [0.1, 0.15) is 15.8 Å². The maximum Gasteiger partial charge on any atom is 0.267 e. The van der Waals surface area contributed by atoms with E-state index in [2.05, 4.69) is 15.9 Å². The Labute approximate surface area is 229 Å². The standard InChI is InChI=1S/C27H27N5O4S2/c1-3-31-26(34)22(38-27(31)37)13-19-24(28-23-7-4-17(2)14-32(23)25(19)33)30-10-8-29(9-11-30)15-18-5-6-20-21(12-18)36-16-35-20/h4-7,12-14H,3,8-11,15-16H2,1-2H3. The van der Waals surface area contributed by atoms with Crippen molar-refractivity contribution in [3.05, 3.63) is 68.5 Å². The number of pyridine rings is 1. The van der Waals surface area contributed by atoms with E-state index in [0.29, 0.717) is 45.9 Å². The number of aryl methyl sites for hydroxylation is 1. The second-order valence-electron chi connectivity index (χ2n) is 9.47. The van der Waals surface area contributed by atoms with Gasteiger partial charge < -0.3 is 14.4 Å². The van der Waals surface area contributed by atoms with Crippen LogP contribution in [0.1, 0.15) is 23.6 Å². The van der Waals surface area contributed by atoms with Crippen LogP contribution in [0.2, 0.25) is 0 Å². The third kappa shape index (κ3) is 4.55. The topological polar surface area (TPSA) is 79.6 Å². The molecule has 9 nitrogen and oxygen atoms in total. The van der Waals surface area contributed by atoms with Crippen molar-refractivity contribution in [1.82, 2.24) is 19.2 Å². The second-order valence-corrected chi connectivity index (χ2v) is 11.1. The molecular formula is C27H27N5O4S2. The van der Waals surface area contributed by atoms with E-state index in [1.54, 1.807) is 21.6 Å². The summed E-state index contributed by atoms with van der Waals surface area (Å²) >= 11 is 6.62. The van der Waals surface area contributed by atoms with E-state index in [1.807, 2.05) is 38.1 Å². The number of carbonyl (C=O) groups is 1. The van der Waals surface area contributed by atoms with E-state index in [4.69, 9.17) is 26.7 Å². The summed E-state index contributed by atoms with van der Waals surface area (Å²) in [6, 6.07) is 9.86. The van der Waals surface area contributed by atoms with Crippen molar-refractivity contribution >= 4 is 51.7 Å². The van der Waals surface area contributed by atoms with Gasteiger partial charge in [0.25, 0.3) is 11.5 Å². The first kappa shape index (κ1) is 24.9. The Hall–Kier alpha value is -3.41. The number of anilines is 1. The summed E-state index contributed by atoms with van der Waals surface area (Å²) in [5.41, 5.74) is 2.91. The highest BCUT2D eigenvalue weighted by molar-refractivity contribution is 8.26. The van der Waals surface area contributed by atoms with Gasteiger partial charge in [-0.3, -0.25) is 23.8 Å². The Morgan fingerprint density at radius 2 is 1.87 bits per heavy atom. The average molecular weight is 550 g/mol. The third-order valence-electron chi connectivity index (χ3n) is 6.97. The fourth-order valence-corrected chi connectivity index (χ4v) is 6.30. The minimum absolute atomic E-state index is 0.171. The van der Waals surface area contributed by atoms with Crippen molar-refractivity contribution < 1.29 is 14.3 Å². The number of amides is 1. The van der Waals surface area contributed by atoms with Gasteiger partial charge in [0, 0.05) is 45.5 Å². The third-order valence-corrected chi connectivity index (χ3v) is 8.34. The number of piperazine rings is 1. The van der Waals surface area contributed by atoms with Crippen LogP contribution in [0.4, 0.5) is 5.82 Å². The lowest BCUT2D eigenvalue weighted by molar-refractivity contribution is -0.121. The summed E-state index contributed by atoms with van der Waals surface area (Å²) in [6.07, 6.45) is 3.46. The first-order valence-corrected chi connectivity index (χ1v) is 13.8. The van der Waals surface area contributed by atoms with E-state index < -0.39 is 0 Å². The zero-order chi connectivity index (χ0) is 26.4. The molecule has 2 fully saturated rings. The van der Waals surface area contributed by atoms with Crippen LogP contribution in [0.5, 0.6) is 11.5 Å². The number of ether oxygens (including phenoxy) is 2. The largest absolute Gasteiger partial charge is 0.454 e. The quantitative estimate of drug-likeness (QED) is 0.352. The van der Waals surface area contributed by atoms with Gasteiger partial charge >= 0.3 is 0 Å². The second kappa shape index (κ2) is 10.0. The summed E-state index contributed by atoms with van der Waals surface area (Å²) < 4.78 is 13.0. The predicted molar refractivity (Wildman–Crippen MR) is 152 cm³/mol. The van der Waals surface area contributed by atoms with Crippen LogP contribution >= 0.6 is 24.0 Å². The molecule has 38 heavy (non-hydrogen) atoms. The maximum absolute atomic E-state index is 13.7. The summed E-state index contributed by atoms with van der Waals surface area (Å²) in [6.45, 7) is 8.40. The molecule has 0 atom stereocenters. The van der Waals surface area contributed by atoms with Crippen LogP contribution in [0.3, 0.4) is 0 Å². The number of hydrogen-bond donors (Lipinski definition) is 0. The summed E-state index contributed by atoms with van der Waals surface area (Å²) in [5, 5.41) is 0. The van der Waals surface area contributed by atoms with Crippen molar-refractivity contribution in [2.75, 3.05) is 44.4 Å². The minimum Gasteiger partial charge on any atom is -0.454 e. The molecule has 1 aromatic carbocycles. The number of nitrogens with zero attached hydrogens (tertiary/aromatic N) is 5. The van der Waals surface area contributed by atoms with Gasteiger partial charge in [-0.1, -0.05) is 36.1 Å². The van der Waals surface area contributed by atoms with E-state index in [-0.39, 0.29) is 18.3 Å². The summed E-state index contributed by atoms with van der Waals surface area (Å²) in [7, 11) is 0. The molecule has 0 spiro atoms. The predicted octanol–water partition coefficient (Wildman–Crippen LogP) is 3.27. The normalized spacial score (nSPS) is 18.8. The minimum atomic E-state index is -0.196. The molecule has 2 saturated heterocycles. The number of benzene rings is 1. The van der Waals surface area contributed by atoms with Gasteiger partial charge in [0.2, 0.25) is 6.79 Å². The van der Waals surface area contributed by atoms with E-state index in [1.165, 1.54) is 17.3 Å². The van der Waals surface area contributed by atoms with Gasteiger partial charge in [0.05, 0.1) is 10.5 Å². The lowest BCUT2D eigenvalue weighted by atomic mass is 10.1. The first-order valence-electron chi connectivity index (χ1n) is 12.6. The number of fused-ring (bicyclic) bond motifs is 2. The Bertz CT molecular complexity index is 1540. The van der Waals surface area contributed by atoms with Gasteiger partial charge in [-0.05, 0) is 49.2 Å². The van der Waals surface area contributed by atoms with Gasteiger partial charge in [-0.15, -0.1) is 0 Å². The van der Waals surface area contributed by atoms with Crippen LogP contribution in [0, 0.1) is 6.92 Å². The zero-order valence-electron chi connectivity index (χ0n) is 21.2. The zero-order valence-corrected chi connectivity index (χ0v) is 22.8. The summed E-state index contributed by atoms with van der Waals surface area (Å²) in [5.74, 6) is 2.00. The molecule has 0 saturated carbocycles.